The Morgan fingerprint density at radius 1 is 1.24 bits per heavy atom. The molecule has 0 aliphatic heterocycles. The lowest BCUT2D eigenvalue weighted by Crippen LogP contribution is -2.46. The summed E-state index contributed by atoms with van der Waals surface area (Å²) >= 11 is 0. The van der Waals surface area contributed by atoms with Crippen LogP contribution in [0.4, 0.5) is 0 Å². The molecule has 0 aromatic heterocycles. The Morgan fingerprint density at radius 2 is 1.94 bits per heavy atom. The van der Waals surface area contributed by atoms with Crippen LogP contribution < -0.4 is 11.1 Å². The maximum absolute atomic E-state index is 11.8. The van der Waals surface area contributed by atoms with Gasteiger partial charge in [-0.1, -0.05) is 32.1 Å². The molecule has 0 atom stereocenters. The second kappa shape index (κ2) is 5.85. The summed E-state index contributed by atoms with van der Waals surface area (Å²) in [7, 11) is 0. The van der Waals surface area contributed by atoms with Gasteiger partial charge in [-0.3, -0.25) is 4.79 Å². The number of carbonyl (C=O) groups excluding carboxylic acids is 1. The molecule has 2 saturated carbocycles. The van der Waals surface area contributed by atoms with E-state index in [1.165, 1.54) is 38.5 Å². The average molecular weight is 238 g/mol. The fourth-order valence-electron chi connectivity index (χ4n) is 2.84. The average Bonchev–Trinajstić information content (AvgIpc) is 3.08. The van der Waals surface area contributed by atoms with Crippen molar-refractivity contribution in [1.82, 2.24) is 5.32 Å². The van der Waals surface area contributed by atoms with Crippen molar-refractivity contribution >= 4 is 5.91 Å². The lowest BCUT2D eigenvalue weighted by atomic mass is 9.80. The lowest BCUT2D eigenvalue weighted by molar-refractivity contribution is -0.122. The van der Waals surface area contributed by atoms with Gasteiger partial charge in [0.2, 0.25) is 5.91 Å². The number of hydrogen-bond acceptors (Lipinski definition) is 2. The van der Waals surface area contributed by atoms with Crippen LogP contribution in [0.5, 0.6) is 0 Å². The minimum Gasteiger partial charge on any atom is -0.356 e. The van der Waals surface area contributed by atoms with E-state index >= 15 is 0 Å². The van der Waals surface area contributed by atoms with Crippen molar-refractivity contribution in [3.05, 3.63) is 0 Å². The minimum atomic E-state index is -0.209. The molecular weight excluding hydrogens is 212 g/mol. The SMILES string of the molecule is NC1(CC(=O)NCCCC2CC2)CCCCC1. The predicted molar refractivity (Wildman–Crippen MR) is 69.6 cm³/mol. The van der Waals surface area contributed by atoms with Crippen molar-refractivity contribution in [1.29, 1.82) is 0 Å². The molecule has 3 heteroatoms. The molecule has 3 nitrogen and oxygen atoms in total. The maximum atomic E-state index is 11.8. The van der Waals surface area contributed by atoms with Gasteiger partial charge in [0.1, 0.15) is 0 Å². The molecule has 2 fully saturated rings. The quantitative estimate of drug-likeness (QED) is 0.698. The van der Waals surface area contributed by atoms with E-state index in [0.29, 0.717) is 6.42 Å². The summed E-state index contributed by atoms with van der Waals surface area (Å²) in [6.07, 6.45) is 11.4. The van der Waals surface area contributed by atoms with Gasteiger partial charge < -0.3 is 11.1 Å². The molecule has 1 amide bonds. The highest BCUT2D eigenvalue weighted by Gasteiger charge is 2.29. The Labute approximate surface area is 105 Å². The summed E-state index contributed by atoms with van der Waals surface area (Å²) in [5, 5.41) is 3.02. The van der Waals surface area contributed by atoms with Crippen LogP contribution in [0.1, 0.15) is 64.2 Å². The Kier molecular flexibility index (Phi) is 4.43. The monoisotopic (exact) mass is 238 g/mol. The van der Waals surface area contributed by atoms with Crippen molar-refractivity contribution in [3.8, 4) is 0 Å². The van der Waals surface area contributed by atoms with Gasteiger partial charge in [-0.25, -0.2) is 0 Å². The van der Waals surface area contributed by atoms with Crippen molar-refractivity contribution in [3.63, 3.8) is 0 Å². The van der Waals surface area contributed by atoms with Crippen LogP contribution in [-0.4, -0.2) is 18.0 Å². The Hall–Kier alpha value is -0.570. The highest BCUT2D eigenvalue weighted by molar-refractivity contribution is 5.77. The third kappa shape index (κ3) is 4.66. The summed E-state index contributed by atoms with van der Waals surface area (Å²) in [6.45, 7) is 0.839. The first-order valence-electron chi connectivity index (χ1n) is 7.24. The second-order valence-electron chi connectivity index (χ2n) is 6.04. The zero-order chi connectivity index (χ0) is 12.1. The van der Waals surface area contributed by atoms with E-state index in [-0.39, 0.29) is 11.4 Å². The number of carbonyl (C=O) groups is 1. The van der Waals surface area contributed by atoms with Crippen molar-refractivity contribution in [2.75, 3.05) is 6.54 Å². The Morgan fingerprint density at radius 3 is 2.59 bits per heavy atom. The summed E-state index contributed by atoms with van der Waals surface area (Å²) in [6, 6.07) is 0. The molecule has 0 unspecified atom stereocenters. The molecule has 17 heavy (non-hydrogen) atoms. The van der Waals surface area contributed by atoms with Crippen LogP contribution >= 0.6 is 0 Å². The number of nitrogens with two attached hydrogens (primary N) is 1. The van der Waals surface area contributed by atoms with Crippen LogP contribution in [0.3, 0.4) is 0 Å². The first-order valence-corrected chi connectivity index (χ1v) is 7.24. The lowest BCUT2D eigenvalue weighted by Gasteiger charge is -2.32. The van der Waals surface area contributed by atoms with Gasteiger partial charge in [-0.15, -0.1) is 0 Å². The summed E-state index contributed by atoms with van der Waals surface area (Å²) in [4.78, 5) is 11.8. The van der Waals surface area contributed by atoms with E-state index in [1.807, 2.05) is 0 Å². The highest BCUT2D eigenvalue weighted by atomic mass is 16.1. The Balaban J connectivity index is 1.58. The first kappa shape index (κ1) is 12.9. The fourth-order valence-corrected chi connectivity index (χ4v) is 2.84. The van der Waals surface area contributed by atoms with Gasteiger partial charge in [0.25, 0.3) is 0 Å². The molecule has 0 spiro atoms. The topological polar surface area (TPSA) is 55.1 Å². The molecule has 0 aromatic carbocycles. The number of rotatable bonds is 6. The molecule has 3 N–H and O–H groups in total. The van der Waals surface area contributed by atoms with Crippen LogP contribution in [0, 0.1) is 5.92 Å². The molecule has 2 rings (SSSR count). The zero-order valence-corrected chi connectivity index (χ0v) is 10.8. The van der Waals surface area contributed by atoms with E-state index in [1.54, 1.807) is 0 Å². The van der Waals surface area contributed by atoms with Gasteiger partial charge in [-0.05, 0) is 31.6 Å². The van der Waals surface area contributed by atoms with Gasteiger partial charge in [0.15, 0.2) is 0 Å². The maximum Gasteiger partial charge on any atom is 0.221 e. The molecule has 2 aliphatic carbocycles. The number of nitrogens with one attached hydrogen (secondary N) is 1. The van der Waals surface area contributed by atoms with E-state index < -0.39 is 0 Å². The van der Waals surface area contributed by atoms with Crippen molar-refractivity contribution < 1.29 is 4.79 Å². The second-order valence-corrected chi connectivity index (χ2v) is 6.04. The van der Waals surface area contributed by atoms with Crippen LogP contribution in [0.25, 0.3) is 0 Å². The van der Waals surface area contributed by atoms with Gasteiger partial charge in [0, 0.05) is 18.5 Å². The predicted octanol–water partition coefficient (Wildman–Crippen LogP) is 2.34. The van der Waals surface area contributed by atoms with E-state index in [2.05, 4.69) is 5.32 Å². The number of hydrogen-bond donors (Lipinski definition) is 2. The van der Waals surface area contributed by atoms with E-state index in [0.717, 1.165) is 31.7 Å². The molecule has 0 saturated heterocycles. The van der Waals surface area contributed by atoms with Gasteiger partial charge in [0.05, 0.1) is 0 Å². The largest absolute Gasteiger partial charge is 0.356 e. The summed E-state index contributed by atoms with van der Waals surface area (Å²) in [5.41, 5.74) is 6.05. The van der Waals surface area contributed by atoms with E-state index in [9.17, 15) is 4.79 Å². The van der Waals surface area contributed by atoms with Crippen LogP contribution in [0.15, 0.2) is 0 Å². The molecule has 0 aromatic rings. The molecule has 98 valence electrons. The number of amides is 1. The normalized spacial score (nSPS) is 23.4. The standard InChI is InChI=1S/C14H26N2O/c15-14(8-2-1-3-9-14)11-13(17)16-10-4-5-12-6-7-12/h12H,1-11,15H2,(H,16,17). The molecule has 0 radical (unpaired) electrons. The third-order valence-electron chi connectivity index (χ3n) is 4.17. The molecule has 2 aliphatic rings. The van der Waals surface area contributed by atoms with Crippen LogP contribution in [0.2, 0.25) is 0 Å². The summed E-state index contributed by atoms with van der Waals surface area (Å²) < 4.78 is 0. The molecule has 0 bridgehead atoms. The van der Waals surface area contributed by atoms with Crippen molar-refractivity contribution in [2.45, 2.75) is 69.7 Å². The van der Waals surface area contributed by atoms with Gasteiger partial charge in [-0.2, -0.15) is 0 Å². The highest BCUT2D eigenvalue weighted by Crippen LogP contribution is 2.33. The molecular formula is C14H26N2O. The van der Waals surface area contributed by atoms with Gasteiger partial charge >= 0.3 is 0 Å². The van der Waals surface area contributed by atoms with Crippen molar-refractivity contribution in [2.24, 2.45) is 11.7 Å². The smallest absolute Gasteiger partial charge is 0.221 e. The van der Waals surface area contributed by atoms with Crippen LogP contribution in [-0.2, 0) is 4.79 Å². The molecule has 0 heterocycles. The zero-order valence-electron chi connectivity index (χ0n) is 10.8. The first-order chi connectivity index (χ1) is 8.18. The minimum absolute atomic E-state index is 0.158. The Bertz CT molecular complexity index is 255. The van der Waals surface area contributed by atoms with E-state index in [4.69, 9.17) is 5.73 Å². The third-order valence-corrected chi connectivity index (χ3v) is 4.17. The fraction of sp³-hybridized carbons (Fsp3) is 0.929. The summed E-state index contributed by atoms with van der Waals surface area (Å²) in [5.74, 6) is 1.12.